The largest absolute Gasteiger partial charge is 0.484 e. The van der Waals surface area contributed by atoms with Crippen LogP contribution in [0.25, 0.3) is 0 Å². The summed E-state index contributed by atoms with van der Waals surface area (Å²) in [5.74, 6) is -0.196. The lowest BCUT2D eigenvalue weighted by Crippen LogP contribution is -2.44. The molecule has 0 heterocycles. The minimum Gasteiger partial charge on any atom is -0.484 e. The molecule has 5 nitrogen and oxygen atoms in total. The normalized spacial score (nSPS) is 10.2. The Hall–Kier alpha value is -2.53. The van der Waals surface area contributed by atoms with E-state index in [0.29, 0.717) is 10.8 Å². The zero-order valence-electron chi connectivity index (χ0n) is 14.5. The number of ether oxygens (including phenoxy) is 1. The molecule has 0 radical (unpaired) electrons. The van der Waals surface area contributed by atoms with E-state index in [0.717, 1.165) is 16.7 Å². The van der Waals surface area contributed by atoms with Crippen molar-refractivity contribution in [3.8, 4) is 5.75 Å². The van der Waals surface area contributed by atoms with E-state index in [1.54, 1.807) is 18.2 Å². The number of halogens is 1. The molecular formula is C19H21ClN2O3. The van der Waals surface area contributed by atoms with E-state index in [2.05, 4.69) is 10.9 Å². The molecule has 0 aliphatic heterocycles. The summed E-state index contributed by atoms with van der Waals surface area (Å²) >= 11 is 5.93. The molecule has 25 heavy (non-hydrogen) atoms. The maximum absolute atomic E-state index is 11.9. The third kappa shape index (κ3) is 5.80. The molecular weight excluding hydrogens is 340 g/mol. The second kappa shape index (κ2) is 8.53. The predicted molar refractivity (Wildman–Crippen MR) is 97.6 cm³/mol. The summed E-state index contributed by atoms with van der Waals surface area (Å²) in [7, 11) is 0. The van der Waals surface area contributed by atoms with Gasteiger partial charge in [0.05, 0.1) is 6.42 Å². The van der Waals surface area contributed by atoms with Crippen molar-refractivity contribution in [2.24, 2.45) is 0 Å². The van der Waals surface area contributed by atoms with Gasteiger partial charge in [-0.25, -0.2) is 0 Å². The van der Waals surface area contributed by atoms with Crippen LogP contribution in [-0.4, -0.2) is 18.4 Å². The van der Waals surface area contributed by atoms with Crippen LogP contribution in [0.5, 0.6) is 5.75 Å². The molecule has 0 saturated carbocycles. The van der Waals surface area contributed by atoms with Gasteiger partial charge in [-0.1, -0.05) is 29.8 Å². The Labute approximate surface area is 152 Å². The minimum absolute atomic E-state index is 0.193. The van der Waals surface area contributed by atoms with Gasteiger partial charge in [0.15, 0.2) is 6.61 Å². The number of nitrogens with one attached hydrogen (secondary N) is 2. The second-order valence-corrected chi connectivity index (χ2v) is 6.30. The van der Waals surface area contributed by atoms with E-state index < -0.39 is 5.91 Å². The van der Waals surface area contributed by atoms with Gasteiger partial charge in [-0.3, -0.25) is 20.4 Å². The van der Waals surface area contributed by atoms with Crippen molar-refractivity contribution in [2.45, 2.75) is 27.2 Å². The Bertz CT molecular complexity index is 790. The van der Waals surface area contributed by atoms with Gasteiger partial charge in [0.2, 0.25) is 5.91 Å². The summed E-state index contributed by atoms with van der Waals surface area (Å²) in [5.41, 5.74) is 8.77. The number of aryl methyl sites for hydroxylation is 3. The first-order chi connectivity index (χ1) is 11.8. The lowest BCUT2D eigenvalue weighted by Gasteiger charge is -2.10. The molecule has 0 spiro atoms. The van der Waals surface area contributed by atoms with Crippen molar-refractivity contribution >= 4 is 23.4 Å². The molecule has 0 atom stereocenters. The van der Waals surface area contributed by atoms with Crippen LogP contribution in [0, 0.1) is 20.8 Å². The smallest absolute Gasteiger partial charge is 0.276 e. The maximum Gasteiger partial charge on any atom is 0.276 e. The van der Waals surface area contributed by atoms with Crippen LogP contribution < -0.4 is 15.6 Å². The molecule has 2 N–H and O–H groups in total. The minimum atomic E-state index is -0.443. The molecule has 0 unspecified atom stereocenters. The predicted octanol–water partition coefficient (Wildman–Crippen LogP) is 3.03. The summed E-state index contributed by atoms with van der Waals surface area (Å²) in [4.78, 5) is 23.6. The monoisotopic (exact) mass is 360 g/mol. The van der Waals surface area contributed by atoms with Gasteiger partial charge in [-0.2, -0.15) is 0 Å². The SMILES string of the molecule is Cc1ccc(CC(=O)NNC(=O)COc2ccc(Cl)c(C)c2)cc1C. The van der Waals surface area contributed by atoms with E-state index in [-0.39, 0.29) is 18.9 Å². The third-order valence-corrected chi connectivity index (χ3v) is 4.20. The van der Waals surface area contributed by atoms with Crippen molar-refractivity contribution < 1.29 is 14.3 Å². The maximum atomic E-state index is 11.9. The standard InChI is InChI=1S/C19H21ClN2O3/c1-12-4-5-15(8-13(12)2)10-18(23)21-22-19(24)11-25-16-6-7-17(20)14(3)9-16/h4-9H,10-11H2,1-3H3,(H,21,23)(H,22,24). The number of hydrogen-bond acceptors (Lipinski definition) is 3. The first-order valence-electron chi connectivity index (χ1n) is 7.88. The van der Waals surface area contributed by atoms with Crippen molar-refractivity contribution in [1.82, 2.24) is 10.9 Å². The summed E-state index contributed by atoms with van der Waals surface area (Å²) in [6, 6.07) is 11.0. The zero-order valence-corrected chi connectivity index (χ0v) is 15.2. The summed E-state index contributed by atoms with van der Waals surface area (Å²) in [6.45, 7) is 5.66. The Morgan fingerprint density at radius 2 is 1.64 bits per heavy atom. The summed E-state index contributed by atoms with van der Waals surface area (Å²) in [6.07, 6.45) is 0.193. The third-order valence-electron chi connectivity index (χ3n) is 3.78. The molecule has 0 fully saturated rings. The van der Waals surface area contributed by atoms with E-state index in [1.165, 1.54) is 5.56 Å². The highest BCUT2D eigenvalue weighted by atomic mass is 35.5. The molecule has 132 valence electrons. The summed E-state index contributed by atoms with van der Waals surface area (Å²) in [5, 5.41) is 0.635. The molecule has 0 aliphatic carbocycles. The van der Waals surface area contributed by atoms with Crippen molar-refractivity contribution in [1.29, 1.82) is 0 Å². The highest BCUT2D eigenvalue weighted by Crippen LogP contribution is 2.20. The lowest BCUT2D eigenvalue weighted by atomic mass is 10.0. The van der Waals surface area contributed by atoms with Gasteiger partial charge in [0, 0.05) is 5.02 Å². The highest BCUT2D eigenvalue weighted by molar-refractivity contribution is 6.31. The number of carbonyl (C=O) groups is 2. The topological polar surface area (TPSA) is 67.4 Å². The molecule has 0 bridgehead atoms. The van der Waals surface area contributed by atoms with E-state index in [1.807, 2.05) is 39.0 Å². The molecule has 6 heteroatoms. The molecule has 2 aromatic rings. The average Bonchev–Trinajstić information content (AvgIpc) is 2.57. The molecule has 2 rings (SSSR count). The van der Waals surface area contributed by atoms with Crippen LogP contribution in [0.3, 0.4) is 0 Å². The van der Waals surface area contributed by atoms with E-state index in [9.17, 15) is 9.59 Å². The van der Waals surface area contributed by atoms with Gasteiger partial charge in [-0.15, -0.1) is 0 Å². The van der Waals surface area contributed by atoms with Crippen molar-refractivity contribution in [2.75, 3.05) is 6.61 Å². The zero-order chi connectivity index (χ0) is 18.4. The van der Waals surface area contributed by atoms with Gasteiger partial charge >= 0.3 is 0 Å². The second-order valence-electron chi connectivity index (χ2n) is 5.89. The van der Waals surface area contributed by atoms with Crippen LogP contribution >= 0.6 is 11.6 Å². The fraction of sp³-hybridized carbons (Fsp3) is 0.263. The fourth-order valence-electron chi connectivity index (χ4n) is 2.17. The molecule has 0 aliphatic rings. The van der Waals surface area contributed by atoms with E-state index >= 15 is 0 Å². The van der Waals surface area contributed by atoms with Gasteiger partial charge in [0.25, 0.3) is 5.91 Å². The van der Waals surface area contributed by atoms with Gasteiger partial charge < -0.3 is 4.74 Å². The number of rotatable bonds is 5. The van der Waals surface area contributed by atoms with Crippen LogP contribution in [-0.2, 0) is 16.0 Å². The Morgan fingerprint density at radius 3 is 2.32 bits per heavy atom. The molecule has 0 aromatic heterocycles. The number of benzene rings is 2. The van der Waals surface area contributed by atoms with Crippen LogP contribution in [0.4, 0.5) is 0 Å². The van der Waals surface area contributed by atoms with Crippen LogP contribution in [0.1, 0.15) is 22.3 Å². The number of carbonyl (C=O) groups excluding carboxylic acids is 2. The molecule has 0 saturated heterocycles. The number of hydrazine groups is 1. The first-order valence-corrected chi connectivity index (χ1v) is 8.25. The fourth-order valence-corrected chi connectivity index (χ4v) is 2.29. The van der Waals surface area contributed by atoms with Gasteiger partial charge in [-0.05, 0) is 61.2 Å². The van der Waals surface area contributed by atoms with Crippen molar-refractivity contribution in [3.05, 3.63) is 63.7 Å². The highest BCUT2D eigenvalue weighted by Gasteiger charge is 2.08. The van der Waals surface area contributed by atoms with Crippen LogP contribution in [0.15, 0.2) is 36.4 Å². The Balaban J connectivity index is 1.76. The quantitative estimate of drug-likeness (QED) is 0.805. The molecule has 2 amide bonds. The van der Waals surface area contributed by atoms with E-state index in [4.69, 9.17) is 16.3 Å². The first kappa shape index (κ1) is 18.8. The Kier molecular flexibility index (Phi) is 6.42. The van der Waals surface area contributed by atoms with Crippen molar-refractivity contribution in [3.63, 3.8) is 0 Å². The van der Waals surface area contributed by atoms with Gasteiger partial charge in [0.1, 0.15) is 5.75 Å². The summed E-state index contributed by atoms with van der Waals surface area (Å²) < 4.78 is 5.36. The number of amides is 2. The molecule has 2 aromatic carbocycles. The lowest BCUT2D eigenvalue weighted by molar-refractivity contribution is -0.129. The van der Waals surface area contributed by atoms with Crippen LogP contribution in [0.2, 0.25) is 5.02 Å². The Morgan fingerprint density at radius 1 is 0.920 bits per heavy atom. The average molecular weight is 361 g/mol. The number of hydrogen-bond donors (Lipinski definition) is 2.